The van der Waals surface area contributed by atoms with Crippen LogP contribution in [0.4, 0.5) is 10.5 Å². The average Bonchev–Trinajstić information content (AvgIpc) is 3.02. The number of fused-ring (bicyclic) bond motifs is 1. The lowest BCUT2D eigenvalue weighted by molar-refractivity contribution is -0.133. The first-order valence-corrected chi connectivity index (χ1v) is 9.93. The number of rotatable bonds is 5. The zero-order chi connectivity index (χ0) is 22.9. The number of nitrogens with one attached hydrogen (secondary N) is 2. The molecule has 3 aromatic rings. The summed E-state index contributed by atoms with van der Waals surface area (Å²) < 4.78 is 4.67. The van der Waals surface area contributed by atoms with Crippen LogP contribution in [-0.4, -0.2) is 42.4 Å². The summed E-state index contributed by atoms with van der Waals surface area (Å²) in [5.41, 5.74) is -0.0405. The van der Waals surface area contributed by atoms with Crippen molar-refractivity contribution < 1.29 is 23.9 Å². The van der Waals surface area contributed by atoms with Crippen molar-refractivity contribution in [3.8, 4) is 0 Å². The van der Waals surface area contributed by atoms with Crippen LogP contribution in [0.3, 0.4) is 0 Å². The first-order valence-electron chi connectivity index (χ1n) is 9.93. The molecule has 2 N–H and O–H groups in total. The predicted octanol–water partition coefficient (Wildman–Crippen LogP) is 3.03. The molecule has 0 bridgehead atoms. The fourth-order valence-corrected chi connectivity index (χ4v) is 3.72. The monoisotopic (exact) mass is 431 g/mol. The lowest BCUT2D eigenvalue weighted by Gasteiger charge is -2.22. The Morgan fingerprint density at radius 3 is 2.50 bits per heavy atom. The average molecular weight is 431 g/mol. The lowest BCUT2D eigenvalue weighted by Crippen LogP contribution is -2.42. The fraction of sp³-hybridized carbons (Fsp3) is 0.167. The minimum atomic E-state index is -1.29. The van der Waals surface area contributed by atoms with Gasteiger partial charge < -0.3 is 15.4 Å². The number of nitrogens with zero attached hydrogens (tertiary/aromatic N) is 1. The molecule has 3 aromatic carbocycles. The molecule has 1 fully saturated rings. The summed E-state index contributed by atoms with van der Waals surface area (Å²) >= 11 is 0. The molecule has 1 aliphatic rings. The van der Waals surface area contributed by atoms with E-state index in [2.05, 4.69) is 15.4 Å². The van der Waals surface area contributed by atoms with Gasteiger partial charge in [0.15, 0.2) is 0 Å². The number of anilines is 1. The SMILES string of the molecule is COC(=O)c1cccc(NC(=O)CN2C(=O)NC(C)(c3ccc4ccccc4c3)C2=O)c1. The molecule has 32 heavy (non-hydrogen) atoms. The number of methoxy groups -OCH3 is 1. The Hall–Kier alpha value is -4.20. The number of carbonyl (C=O) groups excluding carboxylic acids is 4. The summed E-state index contributed by atoms with van der Waals surface area (Å²) in [4.78, 5) is 50.8. The van der Waals surface area contributed by atoms with E-state index in [-0.39, 0.29) is 5.56 Å². The molecule has 8 heteroatoms. The Morgan fingerprint density at radius 1 is 1.00 bits per heavy atom. The normalized spacial score (nSPS) is 17.9. The van der Waals surface area contributed by atoms with Crippen LogP contribution in [-0.2, 0) is 19.9 Å². The molecular weight excluding hydrogens is 410 g/mol. The van der Waals surface area contributed by atoms with Crippen molar-refractivity contribution in [1.82, 2.24) is 10.2 Å². The Labute approximate surface area is 184 Å². The molecule has 0 spiro atoms. The first kappa shape index (κ1) is 21.0. The molecule has 1 atom stereocenters. The first-order chi connectivity index (χ1) is 15.3. The minimum absolute atomic E-state index is 0.268. The highest BCUT2D eigenvalue weighted by molar-refractivity contribution is 6.10. The maximum Gasteiger partial charge on any atom is 0.337 e. The lowest BCUT2D eigenvalue weighted by atomic mass is 9.90. The number of esters is 1. The number of carbonyl (C=O) groups is 4. The van der Waals surface area contributed by atoms with E-state index in [1.807, 2.05) is 36.4 Å². The molecule has 4 rings (SSSR count). The van der Waals surface area contributed by atoms with Crippen molar-refractivity contribution in [3.05, 3.63) is 77.9 Å². The van der Waals surface area contributed by atoms with Gasteiger partial charge in [0.25, 0.3) is 5.91 Å². The van der Waals surface area contributed by atoms with Crippen molar-refractivity contribution in [2.75, 3.05) is 19.0 Å². The van der Waals surface area contributed by atoms with Crippen LogP contribution < -0.4 is 10.6 Å². The van der Waals surface area contributed by atoms with Crippen LogP contribution >= 0.6 is 0 Å². The zero-order valence-electron chi connectivity index (χ0n) is 17.5. The Bertz CT molecular complexity index is 1260. The minimum Gasteiger partial charge on any atom is -0.465 e. The van der Waals surface area contributed by atoms with Gasteiger partial charge in [0, 0.05) is 5.69 Å². The fourth-order valence-electron chi connectivity index (χ4n) is 3.72. The number of hydrogen-bond donors (Lipinski definition) is 2. The summed E-state index contributed by atoms with van der Waals surface area (Å²) in [6, 6.07) is 18.8. The number of benzene rings is 3. The van der Waals surface area contributed by atoms with Crippen molar-refractivity contribution in [3.63, 3.8) is 0 Å². The van der Waals surface area contributed by atoms with E-state index < -0.39 is 35.9 Å². The highest BCUT2D eigenvalue weighted by Gasteiger charge is 2.49. The maximum absolute atomic E-state index is 13.1. The maximum atomic E-state index is 13.1. The van der Waals surface area contributed by atoms with Gasteiger partial charge in [-0.05, 0) is 47.5 Å². The quantitative estimate of drug-likeness (QED) is 0.477. The number of hydrogen-bond acceptors (Lipinski definition) is 5. The standard InChI is InChI=1S/C24H21N3O5/c1-24(18-11-10-15-6-3-4-7-16(15)12-18)22(30)27(23(31)26-24)14-20(28)25-19-9-5-8-17(13-19)21(29)32-2/h3-13H,14H2,1-2H3,(H,25,28)(H,26,31). The summed E-state index contributed by atoms with van der Waals surface area (Å²) in [7, 11) is 1.26. The van der Waals surface area contributed by atoms with Gasteiger partial charge in [-0.25, -0.2) is 9.59 Å². The molecule has 162 valence electrons. The Kier molecular flexibility index (Phi) is 5.36. The third-order valence-corrected chi connectivity index (χ3v) is 5.47. The van der Waals surface area contributed by atoms with Gasteiger partial charge in [-0.2, -0.15) is 0 Å². The molecule has 8 nitrogen and oxygen atoms in total. The van der Waals surface area contributed by atoms with Crippen LogP contribution in [0.1, 0.15) is 22.8 Å². The molecule has 1 unspecified atom stereocenters. The van der Waals surface area contributed by atoms with Crippen LogP contribution in [0, 0.1) is 0 Å². The molecule has 1 saturated heterocycles. The predicted molar refractivity (Wildman–Crippen MR) is 118 cm³/mol. The van der Waals surface area contributed by atoms with Gasteiger partial charge in [-0.3, -0.25) is 14.5 Å². The Balaban J connectivity index is 1.51. The van der Waals surface area contributed by atoms with E-state index in [9.17, 15) is 19.2 Å². The van der Waals surface area contributed by atoms with E-state index in [1.54, 1.807) is 31.2 Å². The van der Waals surface area contributed by atoms with Crippen LogP contribution in [0.2, 0.25) is 0 Å². The topological polar surface area (TPSA) is 105 Å². The smallest absolute Gasteiger partial charge is 0.337 e. The summed E-state index contributed by atoms with van der Waals surface area (Å²) in [6.07, 6.45) is 0. The summed E-state index contributed by atoms with van der Waals surface area (Å²) in [5, 5.41) is 7.26. The van der Waals surface area contributed by atoms with Crippen LogP contribution in [0.15, 0.2) is 66.7 Å². The number of imide groups is 1. The molecule has 0 aromatic heterocycles. The van der Waals surface area contributed by atoms with E-state index in [1.165, 1.54) is 13.2 Å². The van der Waals surface area contributed by atoms with Crippen molar-refractivity contribution in [1.29, 1.82) is 0 Å². The van der Waals surface area contributed by atoms with Gasteiger partial charge in [0.05, 0.1) is 12.7 Å². The van der Waals surface area contributed by atoms with Gasteiger partial charge >= 0.3 is 12.0 Å². The molecule has 1 aliphatic heterocycles. The second-order valence-electron chi connectivity index (χ2n) is 7.63. The van der Waals surface area contributed by atoms with Crippen molar-refractivity contribution >= 4 is 40.3 Å². The third-order valence-electron chi connectivity index (χ3n) is 5.47. The second-order valence-corrected chi connectivity index (χ2v) is 7.63. The largest absolute Gasteiger partial charge is 0.465 e. The number of ether oxygens (including phenoxy) is 1. The molecular formula is C24H21N3O5. The molecule has 0 radical (unpaired) electrons. The van der Waals surface area contributed by atoms with E-state index in [0.29, 0.717) is 11.3 Å². The summed E-state index contributed by atoms with van der Waals surface area (Å²) in [6.45, 7) is 1.16. The highest BCUT2D eigenvalue weighted by atomic mass is 16.5. The van der Waals surface area contributed by atoms with Crippen molar-refractivity contribution in [2.45, 2.75) is 12.5 Å². The Morgan fingerprint density at radius 2 is 1.75 bits per heavy atom. The molecule has 4 amide bonds. The van der Waals surface area contributed by atoms with Gasteiger partial charge in [-0.15, -0.1) is 0 Å². The molecule has 0 saturated carbocycles. The highest BCUT2D eigenvalue weighted by Crippen LogP contribution is 2.31. The van der Waals surface area contributed by atoms with Gasteiger partial charge in [0.2, 0.25) is 5.91 Å². The number of urea groups is 1. The van der Waals surface area contributed by atoms with Gasteiger partial charge in [0.1, 0.15) is 12.1 Å². The van der Waals surface area contributed by atoms with Gasteiger partial charge in [-0.1, -0.05) is 42.5 Å². The number of amides is 4. The van der Waals surface area contributed by atoms with Crippen LogP contribution in [0.25, 0.3) is 10.8 Å². The van der Waals surface area contributed by atoms with E-state index >= 15 is 0 Å². The second kappa shape index (κ2) is 8.14. The van der Waals surface area contributed by atoms with Crippen molar-refractivity contribution in [2.24, 2.45) is 0 Å². The third kappa shape index (κ3) is 3.78. The summed E-state index contributed by atoms with van der Waals surface area (Å²) in [5.74, 6) is -1.63. The van der Waals surface area contributed by atoms with Crippen LogP contribution in [0.5, 0.6) is 0 Å². The van der Waals surface area contributed by atoms with E-state index in [4.69, 9.17) is 0 Å². The zero-order valence-corrected chi connectivity index (χ0v) is 17.5. The molecule has 1 heterocycles. The van der Waals surface area contributed by atoms with E-state index in [0.717, 1.165) is 15.7 Å². The molecule has 0 aliphatic carbocycles.